The number of hydrogen-bond donors (Lipinski definition) is 1. The predicted octanol–water partition coefficient (Wildman–Crippen LogP) is 3.69. The number of rotatable bonds is 7. The van der Waals surface area contributed by atoms with Crippen LogP contribution in [0.2, 0.25) is 0 Å². The number of carboxylic acid groups (broad SMARTS) is 1. The number of aromatic nitrogens is 2. The molecule has 0 saturated carbocycles. The summed E-state index contributed by atoms with van der Waals surface area (Å²) in [6.45, 7) is 3.77. The molecule has 1 aromatic heterocycles. The van der Waals surface area contributed by atoms with Crippen molar-refractivity contribution in [3.63, 3.8) is 0 Å². The molecule has 132 valence electrons. The van der Waals surface area contributed by atoms with Crippen LogP contribution in [-0.4, -0.2) is 25.9 Å². The largest absolute Gasteiger partial charge is 0.478 e. The van der Waals surface area contributed by atoms with Gasteiger partial charge in [0.15, 0.2) is 0 Å². The first kappa shape index (κ1) is 17.8. The molecule has 0 bridgehead atoms. The van der Waals surface area contributed by atoms with Crippen molar-refractivity contribution in [1.29, 1.82) is 0 Å². The molecule has 0 radical (unpaired) electrons. The number of aromatic carboxylic acids is 1. The molecule has 1 N–H and O–H groups in total. The van der Waals surface area contributed by atoms with E-state index < -0.39 is 5.97 Å². The molecule has 0 fully saturated rings. The van der Waals surface area contributed by atoms with Crippen molar-refractivity contribution in [2.45, 2.75) is 26.6 Å². The predicted molar refractivity (Wildman–Crippen MR) is 99.6 cm³/mol. The van der Waals surface area contributed by atoms with Gasteiger partial charge in [0, 0.05) is 19.3 Å². The minimum atomic E-state index is -1.00. The maximum absolute atomic E-state index is 11.1. The molecule has 26 heavy (non-hydrogen) atoms. The van der Waals surface area contributed by atoms with E-state index in [-0.39, 0.29) is 5.56 Å². The van der Waals surface area contributed by atoms with E-state index in [0.29, 0.717) is 18.1 Å². The molecular formula is C21H21N3O2. The third kappa shape index (κ3) is 4.74. The van der Waals surface area contributed by atoms with E-state index in [1.54, 1.807) is 6.92 Å². The molecule has 0 amide bonds. The molecule has 0 aliphatic heterocycles. The number of aryl methyl sites for hydroxylation is 1. The number of carboxylic acids is 1. The van der Waals surface area contributed by atoms with Gasteiger partial charge in [-0.2, -0.15) is 0 Å². The maximum Gasteiger partial charge on any atom is 0.339 e. The van der Waals surface area contributed by atoms with Crippen LogP contribution in [0.25, 0.3) is 0 Å². The van der Waals surface area contributed by atoms with Gasteiger partial charge in [-0.05, 0) is 18.1 Å². The average Bonchev–Trinajstić information content (AvgIpc) is 2.63. The van der Waals surface area contributed by atoms with Crippen LogP contribution < -0.4 is 0 Å². The van der Waals surface area contributed by atoms with E-state index in [1.807, 2.05) is 36.4 Å². The molecular weight excluding hydrogens is 326 g/mol. The van der Waals surface area contributed by atoms with Crippen LogP contribution in [0.5, 0.6) is 0 Å². The Morgan fingerprint density at radius 2 is 1.46 bits per heavy atom. The first-order valence-electron chi connectivity index (χ1n) is 8.48. The molecule has 0 saturated heterocycles. The number of carbonyl (C=O) groups is 1. The van der Waals surface area contributed by atoms with Crippen molar-refractivity contribution in [3.8, 4) is 0 Å². The van der Waals surface area contributed by atoms with E-state index >= 15 is 0 Å². The van der Waals surface area contributed by atoms with E-state index in [9.17, 15) is 4.79 Å². The lowest BCUT2D eigenvalue weighted by atomic mass is 10.1. The van der Waals surface area contributed by atoms with Crippen LogP contribution in [-0.2, 0) is 19.6 Å². The molecule has 2 aromatic carbocycles. The molecule has 0 unspecified atom stereocenters. The van der Waals surface area contributed by atoms with Gasteiger partial charge in [-0.1, -0.05) is 60.7 Å². The third-order valence-corrected chi connectivity index (χ3v) is 4.12. The molecule has 0 atom stereocenters. The van der Waals surface area contributed by atoms with Gasteiger partial charge in [0.2, 0.25) is 0 Å². The van der Waals surface area contributed by atoms with Crippen molar-refractivity contribution in [3.05, 3.63) is 95.1 Å². The number of benzene rings is 2. The fraction of sp³-hybridized carbons (Fsp3) is 0.190. The molecule has 0 aliphatic carbocycles. The second-order valence-corrected chi connectivity index (χ2v) is 6.21. The van der Waals surface area contributed by atoms with E-state index in [4.69, 9.17) is 5.11 Å². The summed E-state index contributed by atoms with van der Waals surface area (Å²) in [5.74, 6) is -0.376. The lowest BCUT2D eigenvalue weighted by Crippen LogP contribution is -2.24. The highest BCUT2D eigenvalue weighted by Gasteiger charge is 2.13. The fourth-order valence-corrected chi connectivity index (χ4v) is 2.85. The van der Waals surface area contributed by atoms with Gasteiger partial charge in [-0.3, -0.25) is 4.90 Å². The highest BCUT2D eigenvalue weighted by molar-refractivity contribution is 5.88. The first-order chi connectivity index (χ1) is 12.6. The van der Waals surface area contributed by atoms with E-state index in [2.05, 4.69) is 39.1 Å². The normalized spacial score (nSPS) is 10.8. The topological polar surface area (TPSA) is 66.3 Å². The Kier molecular flexibility index (Phi) is 5.71. The summed E-state index contributed by atoms with van der Waals surface area (Å²) in [5.41, 5.74) is 3.05. The highest BCUT2D eigenvalue weighted by Crippen LogP contribution is 2.13. The molecule has 0 spiro atoms. The van der Waals surface area contributed by atoms with E-state index in [1.165, 1.54) is 17.3 Å². The number of hydrogen-bond acceptors (Lipinski definition) is 4. The zero-order valence-corrected chi connectivity index (χ0v) is 14.7. The second-order valence-electron chi connectivity index (χ2n) is 6.21. The Hall–Kier alpha value is -3.05. The van der Waals surface area contributed by atoms with Crippen molar-refractivity contribution in [2.75, 3.05) is 0 Å². The highest BCUT2D eigenvalue weighted by atomic mass is 16.4. The zero-order chi connectivity index (χ0) is 18.4. The fourth-order valence-electron chi connectivity index (χ4n) is 2.85. The van der Waals surface area contributed by atoms with Gasteiger partial charge >= 0.3 is 5.97 Å². The van der Waals surface area contributed by atoms with Gasteiger partial charge < -0.3 is 5.11 Å². The van der Waals surface area contributed by atoms with Gasteiger partial charge in [-0.25, -0.2) is 14.8 Å². The van der Waals surface area contributed by atoms with Crippen molar-refractivity contribution >= 4 is 5.97 Å². The standard InChI is InChI=1S/C21H21N3O2/c1-16-19(21(25)26)12-22-20(23-16)15-24(13-17-8-4-2-5-9-17)14-18-10-6-3-7-11-18/h2-12H,13-15H2,1H3,(H,25,26). The summed E-state index contributed by atoms with van der Waals surface area (Å²) >= 11 is 0. The molecule has 0 aliphatic rings. The monoisotopic (exact) mass is 347 g/mol. The second kappa shape index (κ2) is 8.36. The van der Waals surface area contributed by atoms with Crippen LogP contribution in [0.3, 0.4) is 0 Å². The number of nitrogens with zero attached hydrogens (tertiary/aromatic N) is 3. The zero-order valence-electron chi connectivity index (χ0n) is 14.7. The SMILES string of the molecule is Cc1nc(CN(Cc2ccccc2)Cc2ccccc2)ncc1C(=O)O. The molecule has 5 nitrogen and oxygen atoms in total. The van der Waals surface area contributed by atoms with Crippen molar-refractivity contribution in [1.82, 2.24) is 14.9 Å². The molecule has 3 aromatic rings. The summed E-state index contributed by atoms with van der Waals surface area (Å²) in [6.07, 6.45) is 1.39. The Bertz CT molecular complexity index is 825. The van der Waals surface area contributed by atoms with Gasteiger partial charge in [-0.15, -0.1) is 0 Å². The smallest absolute Gasteiger partial charge is 0.339 e. The molecule has 1 heterocycles. The summed E-state index contributed by atoms with van der Waals surface area (Å²) in [6, 6.07) is 20.5. The Morgan fingerprint density at radius 3 is 1.92 bits per heavy atom. The van der Waals surface area contributed by atoms with Crippen molar-refractivity contribution < 1.29 is 9.90 Å². The van der Waals surface area contributed by atoms with Crippen LogP contribution in [0, 0.1) is 6.92 Å². The minimum Gasteiger partial charge on any atom is -0.478 e. The summed E-state index contributed by atoms with van der Waals surface area (Å²) < 4.78 is 0. The van der Waals surface area contributed by atoms with Crippen LogP contribution in [0.1, 0.15) is 33.0 Å². The Morgan fingerprint density at radius 1 is 0.923 bits per heavy atom. The quantitative estimate of drug-likeness (QED) is 0.706. The first-order valence-corrected chi connectivity index (χ1v) is 8.48. The summed E-state index contributed by atoms with van der Waals surface area (Å²) in [4.78, 5) is 22.0. The Balaban J connectivity index is 1.80. The third-order valence-electron chi connectivity index (χ3n) is 4.12. The average molecular weight is 347 g/mol. The summed E-state index contributed by atoms with van der Waals surface area (Å²) in [7, 11) is 0. The molecule has 3 rings (SSSR count). The molecule has 5 heteroatoms. The van der Waals surface area contributed by atoms with Crippen LogP contribution in [0.4, 0.5) is 0 Å². The van der Waals surface area contributed by atoms with Gasteiger partial charge in [0.1, 0.15) is 5.82 Å². The van der Waals surface area contributed by atoms with Gasteiger partial charge in [0.05, 0.1) is 17.8 Å². The van der Waals surface area contributed by atoms with Crippen molar-refractivity contribution in [2.24, 2.45) is 0 Å². The minimum absolute atomic E-state index is 0.145. The summed E-state index contributed by atoms with van der Waals surface area (Å²) in [5, 5.41) is 9.14. The lowest BCUT2D eigenvalue weighted by Gasteiger charge is -2.22. The Labute approximate surface area is 153 Å². The van der Waals surface area contributed by atoms with Crippen LogP contribution >= 0.6 is 0 Å². The van der Waals surface area contributed by atoms with Crippen LogP contribution in [0.15, 0.2) is 66.9 Å². The maximum atomic E-state index is 11.1. The van der Waals surface area contributed by atoms with E-state index in [0.717, 1.165) is 13.1 Å². The lowest BCUT2D eigenvalue weighted by molar-refractivity contribution is 0.0695. The van der Waals surface area contributed by atoms with Gasteiger partial charge in [0.25, 0.3) is 0 Å².